The van der Waals surface area contributed by atoms with Crippen molar-refractivity contribution >= 4 is 5.97 Å². The van der Waals surface area contributed by atoms with Crippen molar-refractivity contribution in [3.8, 4) is 0 Å². The van der Waals surface area contributed by atoms with E-state index in [9.17, 15) is 4.79 Å². The van der Waals surface area contributed by atoms with Gasteiger partial charge in [0, 0.05) is 12.7 Å². The smallest absolute Gasteiger partial charge is 0.330 e. The van der Waals surface area contributed by atoms with E-state index in [1.165, 1.54) is 0 Å². The molecular weight excluding hydrogens is 224 g/mol. The highest BCUT2D eigenvalue weighted by Crippen LogP contribution is 1.84. The maximum absolute atomic E-state index is 10.6. The van der Waals surface area contributed by atoms with Crippen molar-refractivity contribution in [2.45, 2.75) is 13.3 Å². The maximum atomic E-state index is 10.6. The van der Waals surface area contributed by atoms with Crippen LogP contribution in [0.5, 0.6) is 0 Å². The molecule has 0 atom stereocenters. The topological polar surface area (TPSA) is 54.0 Å². The molecule has 17 heavy (non-hydrogen) atoms. The summed E-state index contributed by atoms with van der Waals surface area (Å²) < 4.78 is 20.4. The zero-order valence-electron chi connectivity index (χ0n) is 10.5. The fraction of sp³-hybridized carbons (Fsp3) is 0.750. The summed E-state index contributed by atoms with van der Waals surface area (Å²) in [7, 11) is 0. The Morgan fingerprint density at radius 2 is 1.41 bits per heavy atom. The van der Waals surface area contributed by atoms with Gasteiger partial charge in [-0.05, 0) is 6.42 Å². The largest absolute Gasteiger partial charge is 0.460 e. The first kappa shape index (κ1) is 16.1. The number of esters is 1. The lowest BCUT2D eigenvalue weighted by molar-refractivity contribution is -0.139. The van der Waals surface area contributed by atoms with Crippen LogP contribution in [-0.2, 0) is 23.7 Å². The molecular formula is C12H22O5. The van der Waals surface area contributed by atoms with Crippen molar-refractivity contribution in [3.05, 3.63) is 12.7 Å². The average molecular weight is 246 g/mol. The van der Waals surface area contributed by atoms with Gasteiger partial charge in [0.2, 0.25) is 0 Å². The van der Waals surface area contributed by atoms with E-state index in [0.29, 0.717) is 33.0 Å². The van der Waals surface area contributed by atoms with Gasteiger partial charge < -0.3 is 18.9 Å². The molecule has 0 radical (unpaired) electrons. The van der Waals surface area contributed by atoms with Gasteiger partial charge in [-0.2, -0.15) is 0 Å². The molecule has 0 aliphatic heterocycles. The highest BCUT2D eigenvalue weighted by molar-refractivity contribution is 5.81. The van der Waals surface area contributed by atoms with Crippen molar-refractivity contribution in [2.24, 2.45) is 0 Å². The van der Waals surface area contributed by atoms with E-state index in [-0.39, 0.29) is 6.61 Å². The zero-order valence-corrected chi connectivity index (χ0v) is 10.5. The molecule has 0 fully saturated rings. The van der Waals surface area contributed by atoms with Crippen LogP contribution in [0.3, 0.4) is 0 Å². The first-order valence-corrected chi connectivity index (χ1v) is 5.83. The summed E-state index contributed by atoms with van der Waals surface area (Å²) >= 11 is 0. The Hall–Kier alpha value is -0.910. The van der Waals surface area contributed by atoms with Crippen LogP contribution in [-0.4, -0.2) is 52.2 Å². The molecule has 0 unspecified atom stereocenters. The van der Waals surface area contributed by atoms with Gasteiger partial charge >= 0.3 is 5.97 Å². The zero-order chi connectivity index (χ0) is 12.8. The minimum absolute atomic E-state index is 0.241. The Morgan fingerprint density at radius 1 is 0.941 bits per heavy atom. The summed E-state index contributed by atoms with van der Waals surface area (Å²) in [5, 5.41) is 0. The van der Waals surface area contributed by atoms with Crippen LogP contribution >= 0.6 is 0 Å². The molecule has 0 aromatic heterocycles. The number of hydrogen-bond donors (Lipinski definition) is 0. The molecule has 0 bridgehead atoms. The first-order valence-electron chi connectivity index (χ1n) is 5.83. The molecule has 0 saturated heterocycles. The summed E-state index contributed by atoms with van der Waals surface area (Å²) in [6.07, 6.45) is 2.14. The molecule has 100 valence electrons. The van der Waals surface area contributed by atoms with E-state index >= 15 is 0 Å². The Balaban J connectivity index is 2.98. The van der Waals surface area contributed by atoms with E-state index < -0.39 is 5.97 Å². The molecule has 0 aliphatic rings. The standard InChI is InChI=1S/C12H22O5/c1-3-5-14-6-7-15-8-9-16-10-11-17-12(13)4-2/h4H,2-3,5-11H2,1H3. The number of carbonyl (C=O) groups excluding carboxylic acids is 1. The van der Waals surface area contributed by atoms with Crippen molar-refractivity contribution < 1.29 is 23.7 Å². The Morgan fingerprint density at radius 3 is 1.88 bits per heavy atom. The quantitative estimate of drug-likeness (QED) is 0.294. The summed E-state index contributed by atoms with van der Waals surface area (Å²) in [4.78, 5) is 10.6. The predicted molar refractivity (Wildman–Crippen MR) is 63.9 cm³/mol. The van der Waals surface area contributed by atoms with Crippen LogP contribution in [0.15, 0.2) is 12.7 Å². The summed E-state index contributed by atoms with van der Waals surface area (Å²) in [5.41, 5.74) is 0. The van der Waals surface area contributed by atoms with Gasteiger partial charge in [0.1, 0.15) is 6.61 Å². The molecule has 0 aliphatic carbocycles. The number of ether oxygens (including phenoxy) is 4. The second-order valence-corrected chi connectivity index (χ2v) is 3.21. The van der Waals surface area contributed by atoms with Gasteiger partial charge in [-0.3, -0.25) is 0 Å². The third-order valence-corrected chi connectivity index (χ3v) is 1.73. The van der Waals surface area contributed by atoms with E-state index in [0.717, 1.165) is 19.1 Å². The molecule has 0 amide bonds. The lowest BCUT2D eigenvalue weighted by Gasteiger charge is -2.06. The molecule has 0 aromatic carbocycles. The van der Waals surface area contributed by atoms with Crippen molar-refractivity contribution in [2.75, 3.05) is 46.2 Å². The maximum Gasteiger partial charge on any atom is 0.330 e. The molecule has 0 saturated carbocycles. The molecule has 5 heteroatoms. The summed E-state index contributed by atoms with van der Waals surface area (Å²) in [6.45, 7) is 8.93. The number of rotatable bonds is 12. The first-order chi connectivity index (χ1) is 8.31. The third-order valence-electron chi connectivity index (χ3n) is 1.73. The molecule has 0 N–H and O–H groups in total. The monoisotopic (exact) mass is 246 g/mol. The fourth-order valence-electron chi connectivity index (χ4n) is 0.946. The van der Waals surface area contributed by atoms with Crippen LogP contribution in [0.1, 0.15) is 13.3 Å². The van der Waals surface area contributed by atoms with E-state index in [2.05, 4.69) is 13.5 Å². The minimum Gasteiger partial charge on any atom is -0.460 e. The molecule has 0 spiro atoms. The van der Waals surface area contributed by atoms with Crippen LogP contribution in [0.4, 0.5) is 0 Å². The van der Waals surface area contributed by atoms with Crippen LogP contribution in [0, 0.1) is 0 Å². The van der Waals surface area contributed by atoms with E-state index in [1.54, 1.807) is 0 Å². The van der Waals surface area contributed by atoms with Crippen molar-refractivity contribution in [1.29, 1.82) is 0 Å². The van der Waals surface area contributed by atoms with Gasteiger partial charge in [-0.15, -0.1) is 0 Å². The summed E-state index contributed by atoms with van der Waals surface area (Å²) in [5.74, 6) is -0.432. The van der Waals surface area contributed by atoms with Gasteiger partial charge in [-0.1, -0.05) is 13.5 Å². The second kappa shape index (κ2) is 13.2. The predicted octanol–water partition coefficient (Wildman–Crippen LogP) is 1.18. The SMILES string of the molecule is C=CC(=O)OCCOCCOCCOCCC. The summed E-state index contributed by atoms with van der Waals surface area (Å²) in [6, 6.07) is 0. The highest BCUT2D eigenvalue weighted by atomic mass is 16.6. The average Bonchev–Trinajstić information content (AvgIpc) is 2.35. The number of hydrogen-bond acceptors (Lipinski definition) is 5. The molecule has 0 heterocycles. The van der Waals surface area contributed by atoms with Gasteiger partial charge in [0.25, 0.3) is 0 Å². The van der Waals surface area contributed by atoms with E-state index in [1.807, 2.05) is 0 Å². The normalized spacial score (nSPS) is 10.2. The van der Waals surface area contributed by atoms with Crippen molar-refractivity contribution in [1.82, 2.24) is 0 Å². The van der Waals surface area contributed by atoms with Crippen LogP contribution in [0.25, 0.3) is 0 Å². The van der Waals surface area contributed by atoms with Gasteiger partial charge in [0.15, 0.2) is 0 Å². The Labute approximate surface area is 103 Å². The van der Waals surface area contributed by atoms with Crippen molar-refractivity contribution in [3.63, 3.8) is 0 Å². The lowest BCUT2D eigenvalue weighted by atomic mass is 10.5. The molecule has 0 rings (SSSR count). The van der Waals surface area contributed by atoms with Gasteiger partial charge in [-0.25, -0.2) is 4.79 Å². The van der Waals surface area contributed by atoms with E-state index in [4.69, 9.17) is 18.9 Å². The number of carbonyl (C=O) groups is 1. The molecule has 0 aromatic rings. The third kappa shape index (κ3) is 13.0. The van der Waals surface area contributed by atoms with Crippen LogP contribution in [0.2, 0.25) is 0 Å². The molecule has 5 nitrogen and oxygen atoms in total. The Bertz CT molecular complexity index is 193. The fourth-order valence-corrected chi connectivity index (χ4v) is 0.946. The minimum atomic E-state index is -0.432. The van der Waals surface area contributed by atoms with Crippen LogP contribution < -0.4 is 0 Å². The Kier molecular flexibility index (Phi) is 12.5. The lowest BCUT2D eigenvalue weighted by Crippen LogP contribution is -2.13. The van der Waals surface area contributed by atoms with Gasteiger partial charge in [0.05, 0.1) is 33.0 Å². The second-order valence-electron chi connectivity index (χ2n) is 3.21. The highest BCUT2D eigenvalue weighted by Gasteiger charge is 1.95.